The second kappa shape index (κ2) is 6.64. The molecule has 0 aliphatic carbocycles. The average molecular weight is 313 g/mol. The first-order valence-corrected chi connectivity index (χ1v) is 7.18. The van der Waals surface area contributed by atoms with Gasteiger partial charge in [0, 0.05) is 22.2 Å². The van der Waals surface area contributed by atoms with Crippen molar-refractivity contribution in [3.8, 4) is 0 Å². The summed E-state index contributed by atoms with van der Waals surface area (Å²) in [4.78, 5) is 2.09. The molecule has 0 saturated heterocycles. The molecule has 108 valence electrons. The van der Waals surface area contributed by atoms with E-state index in [1.54, 1.807) is 0 Å². The molecular formula is C15H18Cl2N2O. The van der Waals surface area contributed by atoms with E-state index in [0.717, 1.165) is 17.1 Å². The summed E-state index contributed by atoms with van der Waals surface area (Å²) in [5.41, 5.74) is 6.78. The smallest absolute Gasteiger partial charge is 0.118 e. The van der Waals surface area contributed by atoms with Gasteiger partial charge in [-0.25, -0.2) is 0 Å². The number of rotatable bonds is 5. The lowest BCUT2D eigenvalue weighted by Crippen LogP contribution is -2.30. The fourth-order valence-corrected chi connectivity index (χ4v) is 2.92. The molecule has 1 atom stereocenters. The van der Waals surface area contributed by atoms with Crippen molar-refractivity contribution in [1.82, 2.24) is 4.90 Å². The van der Waals surface area contributed by atoms with E-state index in [9.17, 15) is 0 Å². The Balaban J connectivity index is 2.23. The Morgan fingerprint density at radius 3 is 2.35 bits per heavy atom. The van der Waals surface area contributed by atoms with Gasteiger partial charge >= 0.3 is 0 Å². The third-order valence-corrected chi connectivity index (χ3v) is 3.95. The van der Waals surface area contributed by atoms with E-state index in [1.165, 1.54) is 0 Å². The molecule has 0 saturated carbocycles. The average Bonchev–Trinajstić information content (AvgIpc) is 2.79. The number of aryl methyl sites for hydroxylation is 1. The second-order valence-corrected chi connectivity index (χ2v) is 5.63. The summed E-state index contributed by atoms with van der Waals surface area (Å²) in [5, 5.41) is 1.27. The summed E-state index contributed by atoms with van der Waals surface area (Å²) < 4.78 is 5.60. The van der Waals surface area contributed by atoms with Crippen LogP contribution in [0, 0.1) is 6.92 Å². The molecule has 1 aromatic heterocycles. The summed E-state index contributed by atoms with van der Waals surface area (Å²) in [5.74, 6) is 1.79. The van der Waals surface area contributed by atoms with Crippen LogP contribution in [0.5, 0.6) is 0 Å². The fourth-order valence-electron chi connectivity index (χ4n) is 2.27. The highest BCUT2D eigenvalue weighted by atomic mass is 35.5. The standard InChI is InChI=1S/C15H18Cl2N2O/c1-10-6-7-11(20-10)9-19(2)14(8-18)15-12(16)4-3-5-13(15)17/h3-7,14H,8-9,18H2,1-2H3. The molecule has 0 radical (unpaired) electrons. The van der Waals surface area contributed by atoms with Gasteiger partial charge < -0.3 is 10.2 Å². The van der Waals surface area contributed by atoms with E-state index in [0.29, 0.717) is 23.1 Å². The van der Waals surface area contributed by atoms with Crippen LogP contribution in [0.3, 0.4) is 0 Å². The molecule has 1 unspecified atom stereocenters. The molecule has 1 aromatic carbocycles. The lowest BCUT2D eigenvalue weighted by molar-refractivity contribution is 0.222. The number of nitrogens with zero attached hydrogens (tertiary/aromatic N) is 1. The zero-order chi connectivity index (χ0) is 14.7. The lowest BCUT2D eigenvalue weighted by Gasteiger charge is -2.28. The van der Waals surface area contributed by atoms with Crippen LogP contribution in [0.15, 0.2) is 34.7 Å². The number of nitrogens with two attached hydrogens (primary N) is 1. The first-order chi connectivity index (χ1) is 9.52. The molecule has 0 amide bonds. The van der Waals surface area contributed by atoms with Crippen LogP contribution in [0.4, 0.5) is 0 Å². The summed E-state index contributed by atoms with van der Waals surface area (Å²) in [6.45, 7) is 3.01. The van der Waals surface area contributed by atoms with Crippen molar-refractivity contribution in [2.75, 3.05) is 13.6 Å². The molecule has 2 rings (SSSR count). The normalized spacial score (nSPS) is 12.9. The van der Waals surface area contributed by atoms with Gasteiger partial charge in [0.05, 0.1) is 12.6 Å². The molecule has 5 heteroatoms. The van der Waals surface area contributed by atoms with E-state index in [-0.39, 0.29) is 6.04 Å². The molecular weight excluding hydrogens is 295 g/mol. The zero-order valence-electron chi connectivity index (χ0n) is 11.6. The summed E-state index contributed by atoms with van der Waals surface area (Å²) in [6, 6.07) is 9.35. The van der Waals surface area contributed by atoms with Crippen LogP contribution in [0.1, 0.15) is 23.1 Å². The predicted molar refractivity (Wildman–Crippen MR) is 83.2 cm³/mol. The number of hydrogen-bond acceptors (Lipinski definition) is 3. The Kier molecular flexibility index (Phi) is 5.11. The van der Waals surface area contributed by atoms with Crippen LogP contribution in [-0.4, -0.2) is 18.5 Å². The van der Waals surface area contributed by atoms with E-state index in [1.807, 2.05) is 44.3 Å². The second-order valence-electron chi connectivity index (χ2n) is 4.81. The molecule has 2 N–H and O–H groups in total. The molecule has 1 heterocycles. The van der Waals surface area contributed by atoms with Crippen LogP contribution in [0.2, 0.25) is 10.0 Å². The Hall–Kier alpha value is -1.00. The third kappa shape index (κ3) is 3.36. The first-order valence-electron chi connectivity index (χ1n) is 6.42. The van der Waals surface area contributed by atoms with Crippen molar-refractivity contribution in [3.63, 3.8) is 0 Å². The monoisotopic (exact) mass is 312 g/mol. The minimum absolute atomic E-state index is 0.0541. The SMILES string of the molecule is Cc1ccc(CN(C)C(CN)c2c(Cl)cccc2Cl)o1. The minimum atomic E-state index is -0.0541. The number of halogens is 2. The van der Waals surface area contributed by atoms with Crippen LogP contribution >= 0.6 is 23.2 Å². The van der Waals surface area contributed by atoms with Crippen molar-refractivity contribution in [1.29, 1.82) is 0 Å². The van der Waals surface area contributed by atoms with Crippen LogP contribution in [-0.2, 0) is 6.54 Å². The molecule has 0 aliphatic heterocycles. The highest BCUT2D eigenvalue weighted by molar-refractivity contribution is 6.36. The molecule has 3 nitrogen and oxygen atoms in total. The van der Waals surface area contributed by atoms with Crippen molar-refractivity contribution in [3.05, 3.63) is 57.5 Å². The molecule has 0 bridgehead atoms. The minimum Gasteiger partial charge on any atom is -0.465 e. The number of benzene rings is 1. The van der Waals surface area contributed by atoms with Crippen molar-refractivity contribution in [2.45, 2.75) is 19.5 Å². The highest BCUT2D eigenvalue weighted by Gasteiger charge is 2.21. The Morgan fingerprint density at radius 2 is 1.85 bits per heavy atom. The Labute approximate surface area is 129 Å². The number of furan rings is 1. The summed E-state index contributed by atoms with van der Waals surface area (Å²) >= 11 is 12.5. The zero-order valence-corrected chi connectivity index (χ0v) is 13.1. The molecule has 2 aromatic rings. The maximum atomic E-state index is 6.26. The van der Waals surface area contributed by atoms with E-state index in [2.05, 4.69) is 4.90 Å². The van der Waals surface area contributed by atoms with Gasteiger partial charge in [-0.05, 0) is 38.2 Å². The van der Waals surface area contributed by atoms with E-state index < -0.39 is 0 Å². The van der Waals surface area contributed by atoms with Crippen LogP contribution < -0.4 is 5.73 Å². The summed E-state index contributed by atoms with van der Waals surface area (Å²) in [6.07, 6.45) is 0. The maximum absolute atomic E-state index is 6.26. The van der Waals surface area contributed by atoms with Gasteiger partial charge in [-0.2, -0.15) is 0 Å². The third-order valence-electron chi connectivity index (χ3n) is 3.29. The number of hydrogen-bond donors (Lipinski definition) is 1. The quantitative estimate of drug-likeness (QED) is 0.906. The Morgan fingerprint density at radius 1 is 1.20 bits per heavy atom. The van der Waals surface area contributed by atoms with Crippen LogP contribution in [0.25, 0.3) is 0 Å². The molecule has 0 aliphatic rings. The Bertz CT molecular complexity index is 563. The maximum Gasteiger partial charge on any atom is 0.118 e. The van der Waals surface area contributed by atoms with Gasteiger partial charge in [-0.15, -0.1) is 0 Å². The molecule has 0 fully saturated rings. The van der Waals surface area contributed by atoms with Gasteiger partial charge in [0.2, 0.25) is 0 Å². The van der Waals surface area contributed by atoms with Gasteiger partial charge in [-0.1, -0.05) is 29.3 Å². The van der Waals surface area contributed by atoms with Gasteiger partial charge in [0.15, 0.2) is 0 Å². The van der Waals surface area contributed by atoms with Gasteiger partial charge in [0.25, 0.3) is 0 Å². The number of likely N-dealkylation sites (N-methyl/N-ethyl adjacent to an activating group) is 1. The summed E-state index contributed by atoms with van der Waals surface area (Å²) in [7, 11) is 1.98. The molecule has 20 heavy (non-hydrogen) atoms. The van der Waals surface area contributed by atoms with Crippen molar-refractivity contribution >= 4 is 23.2 Å². The van der Waals surface area contributed by atoms with Gasteiger partial charge in [-0.3, -0.25) is 4.90 Å². The van der Waals surface area contributed by atoms with Gasteiger partial charge in [0.1, 0.15) is 11.5 Å². The largest absolute Gasteiger partial charge is 0.465 e. The predicted octanol–water partition coefficient (Wildman–Crippen LogP) is 4.03. The van der Waals surface area contributed by atoms with Crippen molar-refractivity contribution in [2.24, 2.45) is 5.73 Å². The highest BCUT2D eigenvalue weighted by Crippen LogP contribution is 2.33. The fraction of sp³-hybridized carbons (Fsp3) is 0.333. The first kappa shape index (κ1) is 15.4. The van der Waals surface area contributed by atoms with E-state index >= 15 is 0 Å². The molecule has 0 spiro atoms. The topological polar surface area (TPSA) is 42.4 Å². The van der Waals surface area contributed by atoms with E-state index in [4.69, 9.17) is 33.4 Å². The van der Waals surface area contributed by atoms with Crippen molar-refractivity contribution < 1.29 is 4.42 Å². The lowest BCUT2D eigenvalue weighted by atomic mass is 10.1.